The zero-order valence-corrected chi connectivity index (χ0v) is 9.11. The molecule has 2 rings (SSSR count). The van der Waals surface area contributed by atoms with Crippen molar-refractivity contribution < 1.29 is 10.2 Å². The molecular formula is C13H12N2O2. The number of aliphatic hydroxyl groups excluding tert-OH is 2. The number of nitriles is 1. The molecule has 2 aromatic rings. The summed E-state index contributed by atoms with van der Waals surface area (Å²) < 4.78 is 0. The number of fused-ring (bicyclic) bond motifs is 1. The van der Waals surface area contributed by atoms with Crippen molar-refractivity contribution >= 4 is 10.8 Å². The van der Waals surface area contributed by atoms with E-state index in [1.807, 2.05) is 18.2 Å². The van der Waals surface area contributed by atoms with Gasteiger partial charge in [-0.15, -0.1) is 0 Å². The molecule has 4 nitrogen and oxygen atoms in total. The summed E-state index contributed by atoms with van der Waals surface area (Å²) in [5.74, 6) is 0. The van der Waals surface area contributed by atoms with Crippen molar-refractivity contribution in [3.05, 3.63) is 42.2 Å². The minimum atomic E-state index is -1.06. The van der Waals surface area contributed by atoms with Gasteiger partial charge in [0.05, 0.1) is 18.6 Å². The van der Waals surface area contributed by atoms with Crippen molar-refractivity contribution in [2.24, 2.45) is 0 Å². The molecule has 2 unspecified atom stereocenters. The van der Waals surface area contributed by atoms with E-state index in [9.17, 15) is 10.2 Å². The normalized spacial score (nSPS) is 14.2. The lowest BCUT2D eigenvalue weighted by atomic mass is 10.00. The molecule has 0 amide bonds. The summed E-state index contributed by atoms with van der Waals surface area (Å²) in [5, 5.41) is 29.8. The fraction of sp³-hybridized carbons (Fsp3) is 0.231. The maximum atomic E-state index is 9.86. The number of aliphatic hydroxyl groups is 2. The highest BCUT2D eigenvalue weighted by molar-refractivity contribution is 5.82. The van der Waals surface area contributed by atoms with Gasteiger partial charge in [0.1, 0.15) is 6.10 Å². The molecule has 0 radical (unpaired) electrons. The smallest absolute Gasteiger partial charge is 0.106 e. The molecule has 0 aliphatic carbocycles. The minimum Gasteiger partial charge on any atom is -0.389 e. The average molecular weight is 228 g/mol. The van der Waals surface area contributed by atoms with E-state index in [1.54, 1.807) is 24.5 Å². The Balaban J connectivity index is 2.33. The second-order valence-electron chi connectivity index (χ2n) is 3.86. The van der Waals surface area contributed by atoms with E-state index in [4.69, 9.17) is 5.26 Å². The number of aromatic nitrogens is 1. The van der Waals surface area contributed by atoms with E-state index in [0.29, 0.717) is 5.56 Å². The van der Waals surface area contributed by atoms with Gasteiger partial charge in [-0.3, -0.25) is 4.98 Å². The molecule has 0 fully saturated rings. The van der Waals surface area contributed by atoms with Crippen LogP contribution in [-0.4, -0.2) is 21.3 Å². The van der Waals surface area contributed by atoms with Crippen LogP contribution in [0.3, 0.4) is 0 Å². The maximum absolute atomic E-state index is 9.86. The first-order chi connectivity index (χ1) is 8.22. The molecule has 0 spiro atoms. The number of hydrogen-bond donors (Lipinski definition) is 2. The van der Waals surface area contributed by atoms with Crippen LogP contribution in [0, 0.1) is 11.3 Å². The highest BCUT2D eigenvalue weighted by Gasteiger charge is 2.18. The fourth-order valence-electron chi connectivity index (χ4n) is 1.71. The quantitative estimate of drug-likeness (QED) is 0.835. The summed E-state index contributed by atoms with van der Waals surface area (Å²) in [6, 6.07) is 9.03. The molecule has 1 heterocycles. The van der Waals surface area contributed by atoms with Crippen LogP contribution in [-0.2, 0) is 0 Å². The molecule has 0 saturated heterocycles. The second kappa shape index (κ2) is 4.91. The predicted octanol–water partition coefficient (Wildman–Crippen LogP) is 1.54. The summed E-state index contributed by atoms with van der Waals surface area (Å²) in [5.41, 5.74) is 0.603. The highest BCUT2D eigenvalue weighted by Crippen LogP contribution is 2.22. The molecule has 2 atom stereocenters. The maximum Gasteiger partial charge on any atom is 0.106 e. The van der Waals surface area contributed by atoms with Gasteiger partial charge in [-0.25, -0.2) is 0 Å². The molecule has 1 aromatic heterocycles. The average Bonchev–Trinajstić information content (AvgIpc) is 2.37. The Kier molecular flexibility index (Phi) is 3.33. The first-order valence-electron chi connectivity index (χ1n) is 5.29. The fourth-order valence-corrected chi connectivity index (χ4v) is 1.71. The third-order valence-electron chi connectivity index (χ3n) is 2.67. The van der Waals surface area contributed by atoms with Crippen LogP contribution in [0.25, 0.3) is 10.8 Å². The van der Waals surface area contributed by atoms with Gasteiger partial charge in [-0.05, 0) is 23.1 Å². The van der Waals surface area contributed by atoms with E-state index in [0.717, 1.165) is 10.8 Å². The van der Waals surface area contributed by atoms with Gasteiger partial charge in [-0.1, -0.05) is 12.1 Å². The van der Waals surface area contributed by atoms with Crippen molar-refractivity contribution in [2.45, 2.75) is 18.6 Å². The van der Waals surface area contributed by atoms with Crippen LogP contribution in [0.1, 0.15) is 18.1 Å². The molecule has 0 aliphatic rings. The molecule has 4 heteroatoms. The number of pyridine rings is 1. The summed E-state index contributed by atoms with van der Waals surface area (Å²) in [6.45, 7) is 0. The van der Waals surface area contributed by atoms with Gasteiger partial charge in [0, 0.05) is 17.8 Å². The van der Waals surface area contributed by atoms with Crippen LogP contribution < -0.4 is 0 Å². The van der Waals surface area contributed by atoms with Gasteiger partial charge in [0.2, 0.25) is 0 Å². The summed E-state index contributed by atoms with van der Waals surface area (Å²) in [7, 11) is 0. The van der Waals surface area contributed by atoms with Crippen LogP contribution in [0.4, 0.5) is 0 Å². The van der Waals surface area contributed by atoms with Gasteiger partial charge >= 0.3 is 0 Å². The molecular weight excluding hydrogens is 216 g/mol. The summed E-state index contributed by atoms with van der Waals surface area (Å²) >= 11 is 0. The van der Waals surface area contributed by atoms with E-state index >= 15 is 0 Å². The van der Waals surface area contributed by atoms with Crippen LogP contribution in [0.5, 0.6) is 0 Å². The molecule has 0 bridgehead atoms. The number of rotatable bonds is 3. The van der Waals surface area contributed by atoms with E-state index in [-0.39, 0.29) is 6.42 Å². The topological polar surface area (TPSA) is 77.1 Å². The zero-order valence-electron chi connectivity index (χ0n) is 9.11. The molecule has 0 aliphatic heterocycles. The molecule has 86 valence electrons. The Morgan fingerprint density at radius 3 is 2.82 bits per heavy atom. The monoisotopic (exact) mass is 228 g/mol. The van der Waals surface area contributed by atoms with E-state index < -0.39 is 12.2 Å². The Hall–Kier alpha value is -1.96. The Morgan fingerprint density at radius 2 is 2.06 bits per heavy atom. The van der Waals surface area contributed by atoms with Gasteiger partial charge < -0.3 is 10.2 Å². The molecule has 2 N–H and O–H groups in total. The summed E-state index contributed by atoms with van der Waals surface area (Å²) in [6.07, 6.45) is 1.23. The molecule has 1 aromatic carbocycles. The van der Waals surface area contributed by atoms with E-state index in [2.05, 4.69) is 4.98 Å². The van der Waals surface area contributed by atoms with Crippen molar-refractivity contribution in [2.75, 3.05) is 0 Å². The SMILES string of the molecule is N#CCC(O)C(O)c1ccc2cnccc2c1. The first-order valence-corrected chi connectivity index (χ1v) is 5.29. The van der Waals surface area contributed by atoms with Crippen LogP contribution >= 0.6 is 0 Å². The third-order valence-corrected chi connectivity index (χ3v) is 2.67. The lowest BCUT2D eigenvalue weighted by molar-refractivity contribution is 0.0217. The van der Waals surface area contributed by atoms with Crippen molar-refractivity contribution in [3.8, 4) is 6.07 Å². The van der Waals surface area contributed by atoms with Gasteiger partial charge in [0.15, 0.2) is 0 Å². The minimum absolute atomic E-state index is 0.0877. The Morgan fingerprint density at radius 1 is 1.24 bits per heavy atom. The molecule has 17 heavy (non-hydrogen) atoms. The van der Waals surface area contributed by atoms with Crippen LogP contribution in [0.2, 0.25) is 0 Å². The lowest BCUT2D eigenvalue weighted by Crippen LogP contribution is -2.17. The van der Waals surface area contributed by atoms with Gasteiger partial charge in [-0.2, -0.15) is 5.26 Å². The van der Waals surface area contributed by atoms with Crippen molar-refractivity contribution in [3.63, 3.8) is 0 Å². The Bertz CT molecular complexity index is 563. The first kappa shape index (κ1) is 11.5. The van der Waals surface area contributed by atoms with Gasteiger partial charge in [0.25, 0.3) is 0 Å². The highest BCUT2D eigenvalue weighted by atomic mass is 16.3. The van der Waals surface area contributed by atoms with Crippen molar-refractivity contribution in [1.82, 2.24) is 4.98 Å². The van der Waals surface area contributed by atoms with Crippen LogP contribution in [0.15, 0.2) is 36.7 Å². The predicted molar refractivity (Wildman–Crippen MR) is 62.9 cm³/mol. The number of benzene rings is 1. The summed E-state index contributed by atoms with van der Waals surface area (Å²) in [4.78, 5) is 4.00. The number of hydrogen-bond acceptors (Lipinski definition) is 4. The lowest BCUT2D eigenvalue weighted by Gasteiger charge is -2.15. The largest absolute Gasteiger partial charge is 0.389 e. The second-order valence-corrected chi connectivity index (χ2v) is 3.86. The standard InChI is InChI=1S/C13H12N2O2/c14-5-3-12(16)13(17)10-1-2-11-8-15-6-4-9(11)7-10/h1-2,4,6-8,12-13,16-17H,3H2. The Labute approximate surface area is 98.8 Å². The third kappa shape index (κ3) is 2.41. The van der Waals surface area contributed by atoms with Crippen molar-refractivity contribution in [1.29, 1.82) is 5.26 Å². The zero-order chi connectivity index (χ0) is 12.3. The van der Waals surface area contributed by atoms with E-state index in [1.165, 1.54) is 0 Å². The molecule has 0 saturated carbocycles. The number of nitrogens with zero attached hydrogens (tertiary/aromatic N) is 2.